The van der Waals surface area contributed by atoms with Gasteiger partial charge in [-0.3, -0.25) is 19.8 Å². The summed E-state index contributed by atoms with van der Waals surface area (Å²) in [4.78, 5) is 27.2. The van der Waals surface area contributed by atoms with Crippen molar-refractivity contribution in [2.24, 2.45) is 0 Å². The smallest absolute Gasteiger partial charge is 0.267 e. The highest BCUT2D eigenvalue weighted by atomic mass is 32.1. The summed E-state index contributed by atoms with van der Waals surface area (Å²) >= 11 is 1.24. The van der Waals surface area contributed by atoms with Crippen molar-refractivity contribution < 1.29 is 14.8 Å². The van der Waals surface area contributed by atoms with E-state index in [1.807, 2.05) is 0 Å². The van der Waals surface area contributed by atoms with Crippen molar-refractivity contribution in [1.82, 2.24) is 10.5 Å². The number of hydroxylamine groups is 1. The Kier molecular flexibility index (Phi) is 4.59. The predicted molar refractivity (Wildman–Crippen MR) is 75.5 cm³/mol. The molecule has 3 N–H and O–H groups in total. The first-order chi connectivity index (χ1) is 9.70. The average molecular weight is 289 g/mol. The summed E-state index contributed by atoms with van der Waals surface area (Å²) in [5.41, 5.74) is 4.28. The van der Waals surface area contributed by atoms with Crippen molar-refractivity contribution in [3.05, 3.63) is 52.5 Å². The summed E-state index contributed by atoms with van der Waals surface area (Å²) in [6.45, 7) is 0. The second kappa shape index (κ2) is 6.60. The first-order valence-corrected chi connectivity index (χ1v) is 6.49. The zero-order valence-corrected chi connectivity index (χ0v) is 11.1. The number of thiazole rings is 1. The van der Waals surface area contributed by atoms with Crippen LogP contribution >= 0.6 is 11.3 Å². The van der Waals surface area contributed by atoms with E-state index in [0.717, 1.165) is 6.08 Å². The molecule has 2 aromatic rings. The molecule has 6 nitrogen and oxygen atoms in total. The summed E-state index contributed by atoms with van der Waals surface area (Å²) < 4.78 is 0. The van der Waals surface area contributed by atoms with Crippen LogP contribution in [0.3, 0.4) is 0 Å². The number of carbonyl (C=O) groups excluding carboxylic acids is 2. The van der Waals surface area contributed by atoms with Gasteiger partial charge in [-0.05, 0) is 17.7 Å². The molecule has 0 spiro atoms. The maximum atomic E-state index is 11.9. The number of hydrogen-bond donors (Lipinski definition) is 3. The van der Waals surface area contributed by atoms with Gasteiger partial charge in [-0.1, -0.05) is 18.2 Å². The Bertz CT molecular complexity index is 638. The molecule has 0 aliphatic carbocycles. The minimum atomic E-state index is -0.645. The highest BCUT2D eigenvalue weighted by molar-refractivity contribution is 7.11. The molecule has 0 saturated heterocycles. The van der Waals surface area contributed by atoms with Gasteiger partial charge in [0.05, 0.1) is 11.7 Å². The number of anilines is 1. The van der Waals surface area contributed by atoms with Gasteiger partial charge in [0.2, 0.25) is 0 Å². The van der Waals surface area contributed by atoms with Gasteiger partial charge in [0.1, 0.15) is 4.88 Å². The Hall–Kier alpha value is -2.51. The molecule has 0 saturated carbocycles. The Balaban J connectivity index is 2.18. The molecule has 0 atom stereocenters. The lowest BCUT2D eigenvalue weighted by Gasteiger charge is -2.07. The summed E-state index contributed by atoms with van der Waals surface area (Å²) in [7, 11) is 0. The Morgan fingerprint density at radius 3 is 2.80 bits per heavy atom. The van der Waals surface area contributed by atoms with Crippen molar-refractivity contribution >= 4 is 34.9 Å². The number of aromatic nitrogens is 1. The number of hydrogen-bond acceptors (Lipinski definition) is 5. The average Bonchev–Trinajstić information content (AvgIpc) is 3.00. The molecular weight excluding hydrogens is 278 g/mol. The summed E-state index contributed by atoms with van der Waals surface area (Å²) in [5, 5.41) is 11.2. The Morgan fingerprint density at radius 2 is 2.10 bits per heavy atom. The summed E-state index contributed by atoms with van der Waals surface area (Å²) in [6.07, 6.45) is 4.14. The topological polar surface area (TPSA) is 91.3 Å². The van der Waals surface area contributed by atoms with Crippen molar-refractivity contribution in [3.63, 3.8) is 0 Å². The number of amides is 2. The largest absolute Gasteiger partial charge is 0.321 e. The van der Waals surface area contributed by atoms with Crippen LogP contribution in [0, 0.1) is 0 Å². The molecule has 0 unspecified atom stereocenters. The second-order valence-corrected chi connectivity index (χ2v) is 4.60. The van der Waals surface area contributed by atoms with Gasteiger partial charge in [-0.2, -0.15) is 0 Å². The number of nitrogens with one attached hydrogen (secondary N) is 2. The number of para-hydroxylation sites is 1. The van der Waals surface area contributed by atoms with E-state index in [4.69, 9.17) is 5.21 Å². The minimum Gasteiger partial charge on any atom is -0.321 e. The third kappa shape index (κ3) is 3.50. The summed E-state index contributed by atoms with van der Waals surface area (Å²) in [5.74, 6) is -0.909. The zero-order valence-electron chi connectivity index (χ0n) is 10.2. The van der Waals surface area contributed by atoms with E-state index in [1.165, 1.54) is 29.1 Å². The van der Waals surface area contributed by atoms with E-state index in [2.05, 4.69) is 10.3 Å². The van der Waals surface area contributed by atoms with E-state index in [1.54, 1.807) is 29.8 Å². The lowest BCUT2D eigenvalue weighted by atomic mass is 10.1. The van der Waals surface area contributed by atoms with Crippen LogP contribution in [0.1, 0.15) is 15.2 Å². The number of rotatable bonds is 4. The Labute approximate surface area is 118 Å². The SMILES string of the molecule is O=C(C=Cc1ccccc1NC(=O)c1cncs1)NO. The fourth-order valence-electron chi connectivity index (χ4n) is 1.47. The zero-order chi connectivity index (χ0) is 14.4. The van der Waals surface area contributed by atoms with Gasteiger partial charge in [-0.25, -0.2) is 5.48 Å². The predicted octanol–water partition coefficient (Wildman–Crippen LogP) is 1.91. The van der Waals surface area contributed by atoms with Crippen LogP contribution in [0.5, 0.6) is 0 Å². The van der Waals surface area contributed by atoms with Gasteiger partial charge >= 0.3 is 0 Å². The first kappa shape index (κ1) is 13.9. The van der Waals surface area contributed by atoms with E-state index in [0.29, 0.717) is 16.1 Å². The molecule has 1 heterocycles. The molecule has 1 aromatic carbocycles. The third-order valence-corrected chi connectivity index (χ3v) is 3.16. The van der Waals surface area contributed by atoms with Crippen LogP contribution in [0.4, 0.5) is 5.69 Å². The Morgan fingerprint density at radius 1 is 1.30 bits per heavy atom. The van der Waals surface area contributed by atoms with Gasteiger partial charge in [0, 0.05) is 11.8 Å². The molecule has 2 rings (SSSR count). The molecule has 20 heavy (non-hydrogen) atoms. The van der Waals surface area contributed by atoms with E-state index in [-0.39, 0.29) is 5.91 Å². The molecule has 0 fully saturated rings. The van der Waals surface area contributed by atoms with Crippen LogP contribution < -0.4 is 10.8 Å². The number of nitrogens with zero attached hydrogens (tertiary/aromatic N) is 1. The fraction of sp³-hybridized carbons (Fsp3) is 0. The van der Waals surface area contributed by atoms with Crippen LogP contribution in [0.15, 0.2) is 42.0 Å². The van der Waals surface area contributed by atoms with Crippen molar-refractivity contribution in [2.75, 3.05) is 5.32 Å². The molecule has 102 valence electrons. The van der Waals surface area contributed by atoms with E-state index >= 15 is 0 Å². The summed E-state index contributed by atoms with van der Waals surface area (Å²) in [6, 6.07) is 7.00. The van der Waals surface area contributed by atoms with E-state index < -0.39 is 5.91 Å². The standard InChI is InChI=1S/C13H11N3O3S/c17-12(16-19)6-5-9-3-1-2-4-10(9)15-13(18)11-7-14-8-20-11/h1-8,19H,(H,15,18)(H,16,17). The van der Waals surface area contributed by atoms with Crippen LogP contribution in [0.25, 0.3) is 6.08 Å². The maximum Gasteiger partial charge on any atom is 0.267 e. The van der Waals surface area contributed by atoms with Crippen LogP contribution in [-0.2, 0) is 4.79 Å². The van der Waals surface area contributed by atoms with Crippen LogP contribution in [-0.4, -0.2) is 22.0 Å². The molecule has 0 radical (unpaired) electrons. The van der Waals surface area contributed by atoms with Crippen molar-refractivity contribution in [3.8, 4) is 0 Å². The molecule has 1 aromatic heterocycles. The monoisotopic (exact) mass is 289 g/mol. The van der Waals surface area contributed by atoms with E-state index in [9.17, 15) is 9.59 Å². The quantitative estimate of drug-likeness (QED) is 0.455. The number of benzene rings is 1. The normalized spacial score (nSPS) is 10.4. The molecule has 7 heteroatoms. The van der Waals surface area contributed by atoms with Gasteiger partial charge in [0.25, 0.3) is 11.8 Å². The molecule has 0 bridgehead atoms. The first-order valence-electron chi connectivity index (χ1n) is 5.61. The fourth-order valence-corrected chi connectivity index (χ4v) is 1.99. The maximum absolute atomic E-state index is 11.9. The highest BCUT2D eigenvalue weighted by Crippen LogP contribution is 2.18. The van der Waals surface area contributed by atoms with Gasteiger partial charge in [-0.15, -0.1) is 11.3 Å². The lowest BCUT2D eigenvalue weighted by Crippen LogP contribution is -2.15. The van der Waals surface area contributed by atoms with Gasteiger partial charge in [0.15, 0.2) is 0 Å². The molecule has 0 aliphatic heterocycles. The molecule has 2 amide bonds. The minimum absolute atomic E-state index is 0.264. The highest BCUT2D eigenvalue weighted by Gasteiger charge is 2.09. The lowest BCUT2D eigenvalue weighted by molar-refractivity contribution is -0.124. The van der Waals surface area contributed by atoms with Crippen molar-refractivity contribution in [1.29, 1.82) is 0 Å². The molecular formula is C13H11N3O3S. The van der Waals surface area contributed by atoms with Crippen molar-refractivity contribution in [2.45, 2.75) is 0 Å². The molecule has 0 aliphatic rings. The van der Waals surface area contributed by atoms with Crippen LogP contribution in [0.2, 0.25) is 0 Å². The van der Waals surface area contributed by atoms with Gasteiger partial charge < -0.3 is 5.32 Å². The third-order valence-electron chi connectivity index (χ3n) is 2.39. The second-order valence-electron chi connectivity index (χ2n) is 3.72. The number of carbonyl (C=O) groups is 2.